The highest BCUT2D eigenvalue weighted by Crippen LogP contribution is 2.30. The normalized spacial score (nSPS) is 24.3. The summed E-state index contributed by atoms with van der Waals surface area (Å²) in [6.45, 7) is 1.82. The Balaban J connectivity index is 1.59. The standard InChI is InChI=1S/C17H24BrN3O/c18-14-6-2-3-7-15(14)21-11-8-13(12-21)20-16(22)17(19)9-4-1-5-10-17/h2-3,6-7,13H,1,4-5,8-12,19H2,(H,20,22). The molecule has 1 atom stereocenters. The van der Waals surface area contributed by atoms with Crippen LogP contribution in [0.15, 0.2) is 28.7 Å². The van der Waals surface area contributed by atoms with Crippen molar-refractivity contribution in [3.05, 3.63) is 28.7 Å². The predicted octanol–water partition coefficient (Wildman–Crippen LogP) is 2.81. The maximum Gasteiger partial charge on any atom is 0.240 e. The molecular formula is C17H24BrN3O. The van der Waals surface area contributed by atoms with Crippen molar-refractivity contribution < 1.29 is 4.79 Å². The van der Waals surface area contributed by atoms with Gasteiger partial charge in [-0.05, 0) is 47.3 Å². The monoisotopic (exact) mass is 365 g/mol. The Kier molecular flexibility index (Phi) is 4.73. The minimum Gasteiger partial charge on any atom is -0.368 e. The summed E-state index contributed by atoms with van der Waals surface area (Å²) in [5.74, 6) is 0.0474. The van der Waals surface area contributed by atoms with Gasteiger partial charge in [0, 0.05) is 23.6 Å². The van der Waals surface area contributed by atoms with E-state index in [4.69, 9.17) is 5.73 Å². The number of halogens is 1. The molecular weight excluding hydrogens is 342 g/mol. The SMILES string of the molecule is NC1(C(=O)NC2CCN(c3ccccc3Br)C2)CCCCC1. The van der Waals surface area contributed by atoms with Crippen molar-refractivity contribution >= 4 is 27.5 Å². The number of nitrogens with zero attached hydrogens (tertiary/aromatic N) is 1. The number of hydrogen-bond acceptors (Lipinski definition) is 3. The number of rotatable bonds is 3. The molecule has 22 heavy (non-hydrogen) atoms. The lowest BCUT2D eigenvalue weighted by molar-refractivity contribution is -0.128. The summed E-state index contributed by atoms with van der Waals surface area (Å²) >= 11 is 3.60. The number of hydrogen-bond donors (Lipinski definition) is 2. The van der Waals surface area contributed by atoms with E-state index < -0.39 is 5.54 Å². The topological polar surface area (TPSA) is 58.4 Å². The molecule has 1 heterocycles. The molecule has 0 bridgehead atoms. The first kappa shape index (κ1) is 15.8. The third-order valence-corrected chi connectivity index (χ3v) is 5.59. The molecule has 0 aromatic heterocycles. The number of carbonyl (C=O) groups excluding carboxylic acids is 1. The number of anilines is 1. The lowest BCUT2D eigenvalue weighted by Crippen LogP contribution is -2.57. The molecule has 1 aliphatic carbocycles. The van der Waals surface area contributed by atoms with Crippen LogP contribution in [0.5, 0.6) is 0 Å². The van der Waals surface area contributed by atoms with Crippen LogP contribution in [-0.2, 0) is 4.79 Å². The fourth-order valence-electron chi connectivity index (χ4n) is 3.54. The molecule has 120 valence electrons. The fraction of sp³-hybridized carbons (Fsp3) is 0.588. The first-order valence-electron chi connectivity index (χ1n) is 8.18. The maximum absolute atomic E-state index is 12.5. The van der Waals surface area contributed by atoms with Crippen LogP contribution in [0.25, 0.3) is 0 Å². The molecule has 1 aliphatic heterocycles. The van der Waals surface area contributed by atoms with E-state index in [1.807, 2.05) is 12.1 Å². The van der Waals surface area contributed by atoms with Crippen LogP contribution in [0, 0.1) is 0 Å². The summed E-state index contributed by atoms with van der Waals surface area (Å²) < 4.78 is 1.10. The molecule has 1 saturated heterocycles. The molecule has 2 aliphatic rings. The highest BCUT2D eigenvalue weighted by Gasteiger charge is 2.37. The molecule has 3 N–H and O–H groups in total. The van der Waals surface area contributed by atoms with Gasteiger partial charge in [0.2, 0.25) is 5.91 Å². The van der Waals surface area contributed by atoms with Crippen molar-refractivity contribution in [1.82, 2.24) is 5.32 Å². The number of para-hydroxylation sites is 1. The molecule has 2 fully saturated rings. The van der Waals surface area contributed by atoms with Crippen LogP contribution in [0.2, 0.25) is 0 Å². The van der Waals surface area contributed by atoms with Crippen LogP contribution in [0.4, 0.5) is 5.69 Å². The van der Waals surface area contributed by atoms with Gasteiger partial charge in [-0.1, -0.05) is 31.4 Å². The Morgan fingerprint density at radius 2 is 2.00 bits per heavy atom. The summed E-state index contributed by atoms with van der Waals surface area (Å²) in [7, 11) is 0. The second-order valence-corrected chi connectivity index (χ2v) is 7.43. The van der Waals surface area contributed by atoms with E-state index in [0.29, 0.717) is 0 Å². The molecule has 1 saturated carbocycles. The van der Waals surface area contributed by atoms with Crippen molar-refractivity contribution in [3.8, 4) is 0 Å². The van der Waals surface area contributed by atoms with E-state index >= 15 is 0 Å². The van der Waals surface area contributed by atoms with Gasteiger partial charge in [0.25, 0.3) is 0 Å². The Hall–Kier alpha value is -1.07. The Labute approximate surface area is 140 Å². The summed E-state index contributed by atoms with van der Waals surface area (Å²) in [5, 5.41) is 3.19. The third-order valence-electron chi connectivity index (χ3n) is 4.91. The number of benzene rings is 1. The average molecular weight is 366 g/mol. The number of nitrogens with one attached hydrogen (secondary N) is 1. The zero-order valence-electron chi connectivity index (χ0n) is 12.9. The second-order valence-electron chi connectivity index (χ2n) is 6.57. The lowest BCUT2D eigenvalue weighted by Gasteiger charge is -2.33. The quantitative estimate of drug-likeness (QED) is 0.865. The predicted molar refractivity (Wildman–Crippen MR) is 92.9 cm³/mol. The van der Waals surface area contributed by atoms with E-state index in [1.54, 1.807) is 0 Å². The molecule has 3 rings (SSSR count). The van der Waals surface area contributed by atoms with Gasteiger partial charge in [0.1, 0.15) is 0 Å². The molecule has 1 unspecified atom stereocenters. The van der Waals surface area contributed by atoms with Gasteiger partial charge in [0.05, 0.1) is 11.2 Å². The molecule has 1 amide bonds. The largest absolute Gasteiger partial charge is 0.368 e. The highest BCUT2D eigenvalue weighted by atomic mass is 79.9. The Bertz CT molecular complexity index is 542. The van der Waals surface area contributed by atoms with Crippen molar-refractivity contribution in [3.63, 3.8) is 0 Å². The Morgan fingerprint density at radius 3 is 2.73 bits per heavy atom. The average Bonchev–Trinajstić information content (AvgIpc) is 2.97. The van der Waals surface area contributed by atoms with E-state index in [1.165, 1.54) is 12.1 Å². The van der Waals surface area contributed by atoms with Gasteiger partial charge in [-0.25, -0.2) is 0 Å². The molecule has 5 heteroatoms. The maximum atomic E-state index is 12.5. The van der Waals surface area contributed by atoms with Crippen molar-refractivity contribution in [2.45, 2.75) is 50.1 Å². The van der Waals surface area contributed by atoms with Gasteiger partial charge in [-0.15, -0.1) is 0 Å². The minimum atomic E-state index is -0.640. The lowest BCUT2D eigenvalue weighted by atomic mass is 9.82. The number of amides is 1. The molecule has 4 nitrogen and oxygen atoms in total. The van der Waals surface area contributed by atoms with Crippen LogP contribution < -0.4 is 16.0 Å². The fourth-order valence-corrected chi connectivity index (χ4v) is 4.08. The van der Waals surface area contributed by atoms with Gasteiger partial charge < -0.3 is 16.0 Å². The third kappa shape index (κ3) is 3.30. The zero-order valence-corrected chi connectivity index (χ0v) is 14.4. The van der Waals surface area contributed by atoms with Gasteiger partial charge in [0.15, 0.2) is 0 Å². The van der Waals surface area contributed by atoms with Gasteiger partial charge in [-0.2, -0.15) is 0 Å². The van der Waals surface area contributed by atoms with Gasteiger partial charge in [-0.3, -0.25) is 4.79 Å². The zero-order chi connectivity index (χ0) is 15.6. The number of carbonyl (C=O) groups is 1. The molecule has 0 spiro atoms. The molecule has 1 aromatic carbocycles. The van der Waals surface area contributed by atoms with Crippen LogP contribution >= 0.6 is 15.9 Å². The molecule has 1 aromatic rings. The molecule has 0 radical (unpaired) electrons. The van der Waals surface area contributed by atoms with Crippen molar-refractivity contribution in [2.75, 3.05) is 18.0 Å². The van der Waals surface area contributed by atoms with Crippen LogP contribution in [-0.4, -0.2) is 30.6 Å². The van der Waals surface area contributed by atoms with Crippen molar-refractivity contribution in [2.24, 2.45) is 5.73 Å². The Morgan fingerprint density at radius 1 is 1.27 bits per heavy atom. The summed E-state index contributed by atoms with van der Waals surface area (Å²) in [5.41, 5.74) is 6.87. The van der Waals surface area contributed by atoms with E-state index in [-0.39, 0.29) is 11.9 Å². The van der Waals surface area contributed by atoms with Gasteiger partial charge >= 0.3 is 0 Å². The van der Waals surface area contributed by atoms with Crippen molar-refractivity contribution in [1.29, 1.82) is 0 Å². The van der Waals surface area contributed by atoms with E-state index in [9.17, 15) is 4.79 Å². The van der Waals surface area contributed by atoms with E-state index in [0.717, 1.165) is 49.7 Å². The summed E-state index contributed by atoms with van der Waals surface area (Å²) in [6.07, 6.45) is 5.95. The summed E-state index contributed by atoms with van der Waals surface area (Å²) in [4.78, 5) is 14.8. The summed E-state index contributed by atoms with van der Waals surface area (Å²) in [6, 6.07) is 8.42. The smallest absolute Gasteiger partial charge is 0.240 e. The minimum absolute atomic E-state index is 0.0474. The number of nitrogens with two attached hydrogens (primary N) is 1. The second kappa shape index (κ2) is 6.59. The highest BCUT2D eigenvalue weighted by molar-refractivity contribution is 9.10. The van der Waals surface area contributed by atoms with Crippen LogP contribution in [0.1, 0.15) is 38.5 Å². The van der Waals surface area contributed by atoms with Crippen LogP contribution in [0.3, 0.4) is 0 Å². The first-order valence-corrected chi connectivity index (χ1v) is 8.97. The first-order chi connectivity index (χ1) is 10.6. The van der Waals surface area contributed by atoms with E-state index in [2.05, 4.69) is 38.3 Å².